The maximum Gasteiger partial charge on any atom is 0.312 e. The number of piperazine rings is 1. The summed E-state index contributed by atoms with van der Waals surface area (Å²) in [6.45, 7) is 8.52. The molecule has 5 heteroatoms. The first kappa shape index (κ1) is 12.4. The average molecular weight is 239 g/mol. The highest BCUT2D eigenvalue weighted by molar-refractivity contribution is 6.35. The minimum Gasteiger partial charge on any atom is -0.334 e. The first-order valence-corrected chi connectivity index (χ1v) is 6.28. The largest absolute Gasteiger partial charge is 0.334 e. The van der Waals surface area contributed by atoms with Crippen molar-refractivity contribution in [3.05, 3.63) is 0 Å². The second-order valence-corrected chi connectivity index (χ2v) is 5.68. The molecule has 96 valence electrons. The third kappa shape index (κ3) is 2.77. The van der Waals surface area contributed by atoms with Gasteiger partial charge >= 0.3 is 11.8 Å². The van der Waals surface area contributed by atoms with Gasteiger partial charge in [-0.2, -0.15) is 0 Å². The van der Waals surface area contributed by atoms with Crippen LogP contribution in [0.25, 0.3) is 0 Å². The van der Waals surface area contributed by atoms with Gasteiger partial charge in [-0.1, -0.05) is 13.8 Å². The molecule has 2 fully saturated rings. The smallest absolute Gasteiger partial charge is 0.312 e. The Bertz CT molecular complexity index is 322. The predicted molar refractivity (Wildman–Crippen MR) is 64.4 cm³/mol. The zero-order valence-corrected chi connectivity index (χ0v) is 10.7. The fourth-order valence-electron chi connectivity index (χ4n) is 2.42. The Hall–Kier alpha value is -1.10. The molecule has 2 amide bonds. The van der Waals surface area contributed by atoms with Gasteiger partial charge in [-0.25, -0.2) is 0 Å². The second-order valence-electron chi connectivity index (χ2n) is 5.68. The van der Waals surface area contributed by atoms with E-state index in [1.54, 1.807) is 9.80 Å². The maximum atomic E-state index is 12.0. The summed E-state index contributed by atoms with van der Waals surface area (Å²) < 4.78 is 0. The van der Waals surface area contributed by atoms with Gasteiger partial charge in [0.2, 0.25) is 0 Å². The fraction of sp³-hybridized carbons (Fsp3) is 0.833. The van der Waals surface area contributed by atoms with E-state index in [1.165, 1.54) is 0 Å². The predicted octanol–water partition coefficient (Wildman–Crippen LogP) is -0.323. The van der Waals surface area contributed by atoms with Crippen molar-refractivity contribution in [1.29, 1.82) is 0 Å². The molecule has 0 bridgehead atoms. The van der Waals surface area contributed by atoms with E-state index in [2.05, 4.69) is 19.2 Å². The highest BCUT2D eigenvalue weighted by Gasteiger charge is 2.36. The molecule has 0 aliphatic carbocycles. The Morgan fingerprint density at radius 1 is 1.00 bits per heavy atom. The Kier molecular flexibility index (Phi) is 3.38. The van der Waals surface area contributed by atoms with Crippen molar-refractivity contribution in [2.75, 3.05) is 39.3 Å². The van der Waals surface area contributed by atoms with Gasteiger partial charge in [-0.3, -0.25) is 9.59 Å². The minimum absolute atomic E-state index is 0.152. The number of rotatable bonds is 0. The van der Waals surface area contributed by atoms with E-state index in [4.69, 9.17) is 0 Å². The number of amides is 2. The molecule has 0 unspecified atom stereocenters. The summed E-state index contributed by atoms with van der Waals surface area (Å²) in [7, 11) is 0. The van der Waals surface area contributed by atoms with Gasteiger partial charge in [0.15, 0.2) is 0 Å². The molecule has 0 radical (unpaired) electrons. The van der Waals surface area contributed by atoms with E-state index in [0.717, 1.165) is 19.5 Å². The molecule has 1 N–H and O–H groups in total. The Morgan fingerprint density at radius 2 is 1.59 bits per heavy atom. The van der Waals surface area contributed by atoms with Crippen LogP contribution in [0.5, 0.6) is 0 Å². The molecular weight excluding hydrogens is 218 g/mol. The molecule has 2 aliphatic rings. The summed E-state index contributed by atoms with van der Waals surface area (Å²) in [5.41, 5.74) is 0.152. The first-order chi connectivity index (χ1) is 7.99. The number of hydrogen-bond donors (Lipinski definition) is 1. The molecule has 0 aromatic heterocycles. The number of nitrogens with one attached hydrogen (secondary N) is 1. The minimum atomic E-state index is -0.329. The highest BCUT2D eigenvalue weighted by Crippen LogP contribution is 2.28. The van der Waals surface area contributed by atoms with Crippen LogP contribution < -0.4 is 5.32 Å². The van der Waals surface area contributed by atoms with Gasteiger partial charge in [-0.15, -0.1) is 0 Å². The molecule has 2 aliphatic heterocycles. The highest BCUT2D eigenvalue weighted by atomic mass is 16.2. The maximum absolute atomic E-state index is 12.0. The van der Waals surface area contributed by atoms with Crippen LogP contribution in [0.2, 0.25) is 0 Å². The van der Waals surface area contributed by atoms with Crippen molar-refractivity contribution in [3.8, 4) is 0 Å². The van der Waals surface area contributed by atoms with Crippen LogP contribution >= 0.6 is 0 Å². The molecule has 2 rings (SSSR count). The quantitative estimate of drug-likeness (QED) is 0.589. The summed E-state index contributed by atoms with van der Waals surface area (Å²) in [5, 5.41) is 3.17. The topological polar surface area (TPSA) is 52.7 Å². The van der Waals surface area contributed by atoms with E-state index in [9.17, 15) is 9.59 Å². The Labute approximate surface area is 102 Å². The lowest BCUT2D eigenvalue weighted by Gasteiger charge is -2.28. The third-order valence-corrected chi connectivity index (χ3v) is 3.55. The molecule has 0 atom stereocenters. The van der Waals surface area contributed by atoms with Crippen molar-refractivity contribution in [2.24, 2.45) is 5.41 Å². The van der Waals surface area contributed by atoms with Crippen LogP contribution in [0.3, 0.4) is 0 Å². The Balaban J connectivity index is 1.93. The van der Waals surface area contributed by atoms with Gasteiger partial charge in [0.25, 0.3) is 0 Å². The molecule has 2 heterocycles. The molecule has 17 heavy (non-hydrogen) atoms. The number of hydrogen-bond acceptors (Lipinski definition) is 3. The van der Waals surface area contributed by atoms with Gasteiger partial charge < -0.3 is 15.1 Å². The normalized spacial score (nSPS) is 23.9. The summed E-state index contributed by atoms with van der Waals surface area (Å²) in [5.74, 6) is -0.651. The lowest BCUT2D eigenvalue weighted by atomic mass is 9.93. The third-order valence-electron chi connectivity index (χ3n) is 3.55. The number of nitrogens with zero attached hydrogens (tertiary/aromatic N) is 2. The number of carbonyl (C=O) groups is 2. The standard InChI is InChI=1S/C12H21N3O2/c1-12(2)3-6-15(9-12)11(17)10(16)14-7-4-13-5-8-14/h13H,3-9H2,1-2H3. The van der Waals surface area contributed by atoms with Crippen molar-refractivity contribution in [3.63, 3.8) is 0 Å². The second kappa shape index (κ2) is 4.64. The summed E-state index contributed by atoms with van der Waals surface area (Å²) in [6, 6.07) is 0. The zero-order valence-electron chi connectivity index (χ0n) is 10.7. The van der Waals surface area contributed by atoms with Crippen LogP contribution in [-0.4, -0.2) is 60.9 Å². The lowest BCUT2D eigenvalue weighted by molar-refractivity contribution is -0.151. The average Bonchev–Trinajstić information content (AvgIpc) is 2.69. The monoisotopic (exact) mass is 239 g/mol. The van der Waals surface area contributed by atoms with Crippen molar-refractivity contribution in [2.45, 2.75) is 20.3 Å². The molecular formula is C12H21N3O2. The van der Waals surface area contributed by atoms with Crippen molar-refractivity contribution in [1.82, 2.24) is 15.1 Å². The summed E-state index contributed by atoms with van der Waals surface area (Å²) in [4.78, 5) is 27.4. The Morgan fingerprint density at radius 3 is 2.12 bits per heavy atom. The SMILES string of the molecule is CC1(C)CCN(C(=O)C(=O)N2CCNCC2)C1. The van der Waals surface area contributed by atoms with E-state index >= 15 is 0 Å². The van der Waals surface area contributed by atoms with Crippen LogP contribution in [0.4, 0.5) is 0 Å². The van der Waals surface area contributed by atoms with Gasteiger partial charge in [-0.05, 0) is 11.8 Å². The number of carbonyl (C=O) groups excluding carboxylic acids is 2. The summed E-state index contributed by atoms with van der Waals surface area (Å²) >= 11 is 0. The van der Waals surface area contributed by atoms with Crippen molar-refractivity contribution < 1.29 is 9.59 Å². The van der Waals surface area contributed by atoms with Crippen LogP contribution in [0.15, 0.2) is 0 Å². The van der Waals surface area contributed by atoms with Crippen molar-refractivity contribution >= 4 is 11.8 Å². The van der Waals surface area contributed by atoms with E-state index in [-0.39, 0.29) is 17.2 Å². The van der Waals surface area contributed by atoms with Gasteiger partial charge in [0.1, 0.15) is 0 Å². The van der Waals surface area contributed by atoms with Crippen LogP contribution in [-0.2, 0) is 9.59 Å². The van der Waals surface area contributed by atoms with E-state index in [0.29, 0.717) is 26.2 Å². The van der Waals surface area contributed by atoms with Gasteiger partial charge in [0, 0.05) is 39.3 Å². The molecule has 5 nitrogen and oxygen atoms in total. The number of likely N-dealkylation sites (tertiary alicyclic amines) is 1. The van der Waals surface area contributed by atoms with Crippen LogP contribution in [0.1, 0.15) is 20.3 Å². The van der Waals surface area contributed by atoms with E-state index in [1.807, 2.05) is 0 Å². The van der Waals surface area contributed by atoms with Gasteiger partial charge in [0.05, 0.1) is 0 Å². The zero-order chi connectivity index (χ0) is 12.5. The molecule has 0 aromatic carbocycles. The lowest BCUT2D eigenvalue weighted by Crippen LogP contribution is -2.51. The molecule has 2 saturated heterocycles. The molecule has 0 aromatic rings. The first-order valence-electron chi connectivity index (χ1n) is 6.28. The molecule has 0 saturated carbocycles. The van der Waals surface area contributed by atoms with Crippen LogP contribution in [0, 0.1) is 5.41 Å². The van der Waals surface area contributed by atoms with E-state index < -0.39 is 0 Å². The summed E-state index contributed by atoms with van der Waals surface area (Å²) in [6.07, 6.45) is 0.980. The molecule has 0 spiro atoms. The fourth-order valence-corrected chi connectivity index (χ4v) is 2.42.